The van der Waals surface area contributed by atoms with Crippen LogP contribution in [-0.4, -0.2) is 43.2 Å². The molecule has 0 radical (unpaired) electrons. The maximum atomic E-state index is 12.2. The van der Waals surface area contributed by atoms with Crippen LogP contribution in [-0.2, 0) is 14.3 Å². The molecule has 0 saturated carbocycles. The number of aliphatic hydroxyl groups excluding tert-OH is 1. The molecule has 1 aromatic carbocycles. The van der Waals surface area contributed by atoms with Crippen LogP contribution in [0.3, 0.4) is 0 Å². The molecule has 0 unspecified atom stereocenters. The number of amides is 1. The number of aliphatic hydroxyl groups is 1. The van der Waals surface area contributed by atoms with Crippen LogP contribution in [0.25, 0.3) is 0 Å². The predicted octanol–water partition coefficient (Wildman–Crippen LogP) is 2.68. The van der Waals surface area contributed by atoms with Gasteiger partial charge in [-0.25, -0.2) is 0 Å². The highest BCUT2D eigenvalue weighted by Gasteiger charge is 2.39. The number of benzene rings is 1. The van der Waals surface area contributed by atoms with Crippen LogP contribution in [0.4, 0.5) is 5.69 Å². The molecule has 2 atom stereocenters. The van der Waals surface area contributed by atoms with Crippen molar-refractivity contribution in [3.8, 4) is 0 Å². The Hall–Kier alpha value is -1.43. The van der Waals surface area contributed by atoms with Gasteiger partial charge in [0.1, 0.15) is 0 Å². The van der Waals surface area contributed by atoms with E-state index in [0.29, 0.717) is 19.6 Å². The van der Waals surface area contributed by atoms with E-state index in [2.05, 4.69) is 0 Å². The van der Waals surface area contributed by atoms with Crippen molar-refractivity contribution in [2.45, 2.75) is 51.9 Å². The summed E-state index contributed by atoms with van der Waals surface area (Å²) in [6.45, 7) is 6.67. The Balaban J connectivity index is 2.17. The van der Waals surface area contributed by atoms with Crippen molar-refractivity contribution in [3.63, 3.8) is 0 Å². The molecule has 0 spiro atoms. The Morgan fingerprint density at radius 3 is 2.48 bits per heavy atom. The molecule has 2 rings (SSSR count). The molecule has 1 aromatic rings. The van der Waals surface area contributed by atoms with E-state index < -0.39 is 0 Å². The third-order valence-electron chi connectivity index (χ3n) is 4.33. The summed E-state index contributed by atoms with van der Waals surface area (Å²) >= 11 is 0. The number of carbonyl (C=O) groups is 1. The molecular weight excluding hydrogens is 294 g/mol. The monoisotopic (exact) mass is 321 g/mol. The molecule has 5 heteroatoms. The SMILES string of the molecule is CCOC(CC[C@H]1[C@@H](CO)c2ccccc2N1C(C)=O)OCC. The molecule has 1 aliphatic heterocycles. The number of hydrogen-bond acceptors (Lipinski definition) is 4. The maximum absolute atomic E-state index is 12.2. The summed E-state index contributed by atoms with van der Waals surface area (Å²) in [5.74, 6) is -0.0539. The van der Waals surface area contributed by atoms with Gasteiger partial charge in [-0.2, -0.15) is 0 Å². The van der Waals surface area contributed by atoms with Crippen LogP contribution in [0.15, 0.2) is 24.3 Å². The number of para-hydroxylation sites is 1. The Labute approximate surface area is 138 Å². The number of nitrogens with zero attached hydrogens (tertiary/aromatic N) is 1. The molecular formula is C18H27NO4. The van der Waals surface area contributed by atoms with Crippen LogP contribution >= 0.6 is 0 Å². The number of ether oxygens (including phenoxy) is 2. The first-order valence-electron chi connectivity index (χ1n) is 8.36. The zero-order chi connectivity index (χ0) is 16.8. The molecule has 0 aromatic heterocycles. The van der Waals surface area contributed by atoms with Gasteiger partial charge in [0.25, 0.3) is 0 Å². The van der Waals surface area contributed by atoms with Gasteiger partial charge in [0, 0.05) is 44.2 Å². The topological polar surface area (TPSA) is 59.0 Å². The third-order valence-corrected chi connectivity index (χ3v) is 4.33. The number of rotatable bonds is 8. The smallest absolute Gasteiger partial charge is 0.224 e. The molecule has 0 bridgehead atoms. The van der Waals surface area contributed by atoms with E-state index in [0.717, 1.165) is 17.7 Å². The van der Waals surface area contributed by atoms with Crippen molar-refractivity contribution < 1.29 is 19.4 Å². The van der Waals surface area contributed by atoms with Crippen molar-refractivity contribution in [1.82, 2.24) is 0 Å². The molecule has 1 aliphatic rings. The average molecular weight is 321 g/mol. The van der Waals surface area contributed by atoms with E-state index >= 15 is 0 Å². The fraction of sp³-hybridized carbons (Fsp3) is 0.611. The third kappa shape index (κ3) is 3.91. The van der Waals surface area contributed by atoms with Crippen molar-refractivity contribution in [3.05, 3.63) is 29.8 Å². The lowest BCUT2D eigenvalue weighted by atomic mass is 9.93. The highest BCUT2D eigenvalue weighted by atomic mass is 16.7. The van der Waals surface area contributed by atoms with E-state index in [1.165, 1.54) is 0 Å². The Kier molecular flexibility index (Phi) is 6.57. The number of anilines is 1. The Morgan fingerprint density at radius 1 is 1.26 bits per heavy atom. The van der Waals surface area contributed by atoms with Crippen LogP contribution in [0.5, 0.6) is 0 Å². The largest absolute Gasteiger partial charge is 0.396 e. The standard InChI is InChI=1S/C18H27NO4/c1-4-22-18(23-5-2)11-10-17-15(12-20)14-8-6-7-9-16(14)19(17)13(3)21/h6-9,15,17-18,20H,4-5,10-12H2,1-3H3/t15-,17-/m0/s1. The summed E-state index contributed by atoms with van der Waals surface area (Å²) < 4.78 is 11.2. The molecule has 23 heavy (non-hydrogen) atoms. The van der Waals surface area contributed by atoms with Gasteiger partial charge in [0.2, 0.25) is 5.91 Å². The second-order valence-corrected chi connectivity index (χ2v) is 5.72. The molecule has 5 nitrogen and oxygen atoms in total. The first-order valence-corrected chi connectivity index (χ1v) is 8.36. The van der Waals surface area contributed by atoms with Crippen molar-refractivity contribution >= 4 is 11.6 Å². The number of hydrogen-bond donors (Lipinski definition) is 1. The van der Waals surface area contributed by atoms with Gasteiger partial charge >= 0.3 is 0 Å². The van der Waals surface area contributed by atoms with Gasteiger partial charge in [-0.15, -0.1) is 0 Å². The van der Waals surface area contributed by atoms with Crippen molar-refractivity contribution in [1.29, 1.82) is 0 Å². The molecule has 0 aliphatic carbocycles. The second kappa shape index (κ2) is 8.43. The summed E-state index contributed by atoms with van der Waals surface area (Å²) in [4.78, 5) is 14.0. The summed E-state index contributed by atoms with van der Waals surface area (Å²) in [5, 5.41) is 9.85. The van der Waals surface area contributed by atoms with E-state index in [4.69, 9.17) is 9.47 Å². The summed E-state index contributed by atoms with van der Waals surface area (Å²) in [6, 6.07) is 7.76. The molecule has 0 saturated heterocycles. The lowest BCUT2D eigenvalue weighted by molar-refractivity contribution is -0.141. The molecule has 1 heterocycles. The Bertz CT molecular complexity index is 513. The fourth-order valence-electron chi connectivity index (χ4n) is 3.43. The molecule has 0 fully saturated rings. The van der Waals surface area contributed by atoms with E-state index in [-0.39, 0.29) is 30.8 Å². The van der Waals surface area contributed by atoms with Gasteiger partial charge in [-0.3, -0.25) is 4.79 Å². The van der Waals surface area contributed by atoms with Crippen LogP contribution in [0, 0.1) is 0 Å². The van der Waals surface area contributed by atoms with E-state index in [1.807, 2.05) is 43.0 Å². The van der Waals surface area contributed by atoms with E-state index in [1.54, 1.807) is 6.92 Å². The quantitative estimate of drug-likeness (QED) is 0.748. The highest BCUT2D eigenvalue weighted by Crippen LogP contribution is 2.42. The zero-order valence-corrected chi connectivity index (χ0v) is 14.2. The fourth-order valence-corrected chi connectivity index (χ4v) is 3.43. The summed E-state index contributed by atoms with van der Waals surface area (Å²) in [6.07, 6.45) is 1.16. The minimum Gasteiger partial charge on any atom is -0.396 e. The van der Waals surface area contributed by atoms with E-state index in [9.17, 15) is 9.90 Å². The second-order valence-electron chi connectivity index (χ2n) is 5.72. The highest BCUT2D eigenvalue weighted by molar-refractivity contribution is 5.95. The van der Waals surface area contributed by atoms with Crippen molar-refractivity contribution in [2.75, 3.05) is 24.7 Å². The number of fused-ring (bicyclic) bond motifs is 1. The minimum atomic E-state index is -0.262. The minimum absolute atomic E-state index is 0.00256. The van der Waals surface area contributed by atoms with Gasteiger partial charge in [0.15, 0.2) is 6.29 Å². The molecule has 1 N–H and O–H groups in total. The van der Waals surface area contributed by atoms with Gasteiger partial charge in [-0.1, -0.05) is 18.2 Å². The normalized spacial score (nSPS) is 20.1. The van der Waals surface area contributed by atoms with Gasteiger partial charge in [0.05, 0.1) is 6.61 Å². The number of carbonyl (C=O) groups excluding carboxylic acids is 1. The lowest BCUT2D eigenvalue weighted by Crippen LogP contribution is -2.39. The van der Waals surface area contributed by atoms with Gasteiger partial charge < -0.3 is 19.5 Å². The average Bonchev–Trinajstić information content (AvgIpc) is 2.86. The lowest BCUT2D eigenvalue weighted by Gasteiger charge is -2.28. The predicted molar refractivity (Wildman–Crippen MR) is 89.5 cm³/mol. The Morgan fingerprint density at radius 2 is 1.91 bits per heavy atom. The summed E-state index contributed by atoms with van der Waals surface area (Å²) in [5.41, 5.74) is 1.95. The van der Waals surface area contributed by atoms with Crippen LogP contribution in [0.1, 0.15) is 45.1 Å². The molecule has 128 valence electrons. The zero-order valence-electron chi connectivity index (χ0n) is 14.2. The first-order chi connectivity index (χ1) is 11.1. The first kappa shape index (κ1) is 17.9. The maximum Gasteiger partial charge on any atom is 0.224 e. The molecule has 1 amide bonds. The summed E-state index contributed by atoms with van der Waals surface area (Å²) in [7, 11) is 0. The van der Waals surface area contributed by atoms with Crippen molar-refractivity contribution in [2.24, 2.45) is 0 Å². The van der Waals surface area contributed by atoms with Crippen LogP contribution < -0.4 is 4.90 Å². The van der Waals surface area contributed by atoms with Crippen LogP contribution in [0.2, 0.25) is 0 Å². The van der Waals surface area contributed by atoms with Gasteiger partial charge in [-0.05, 0) is 31.9 Å².